The summed E-state index contributed by atoms with van der Waals surface area (Å²) in [5, 5.41) is 5.45. The molecular formula is C11H11BrN2O2. The maximum absolute atomic E-state index is 11.6. The Morgan fingerprint density at radius 2 is 2.25 bits per heavy atom. The number of rotatable bonds is 1. The van der Waals surface area contributed by atoms with Crippen molar-refractivity contribution in [3.8, 4) is 0 Å². The summed E-state index contributed by atoms with van der Waals surface area (Å²) in [7, 11) is 0. The lowest BCUT2D eigenvalue weighted by Crippen LogP contribution is -2.31. The van der Waals surface area contributed by atoms with E-state index in [2.05, 4.69) is 26.6 Å². The number of nitrogens with one attached hydrogen (secondary N) is 2. The number of amides is 2. The van der Waals surface area contributed by atoms with Gasteiger partial charge < -0.3 is 10.6 Å². The molecule has 0 radical (unpaired) electrons. The second-order valence-corrected chi connectivity index (χ2v) is 4.53. The van der Waals surface area contributed by atoms with E-state index in [-0.39, 0.29) is 11.8 Å². The monoisotopic (exact) mass is 282 g/mol. The van der Waals surface area contributed by atoms with Crippen molar-refractivity contribution >= 4 is 33.4 Å². The van der Waals surface area contributed by atoms with Gasteiger partial charge in [-0.25, -0.2) is 0 Å². The average Bonchev–Trinajstić information content (AvgIpc) is 2.20. The lowest BCUT2D eigenvalue weighted by molar-refractivity contribution is -0.114. The molecule has 0 aromatic heterocycles. The van der Waals surface area contributed by atoms with E-state index in [0.29, 0.717) is 17.8 Å². The highest BCUT2D eigenvalue weighted by atomic mass is 79.9. The Balaban J connectivity index is 2.45. The first-order chi connectivity index (χ1) is 7.58. The smallest absolute Gasteiger partial charge is 0.251 e. The van der Waals surface area contributed by atoms with Gasteiger partial charge in [-0.2, -0.15) is 0 Å². The molecule has 5 heteroatoms. The summed E-state index contributed by atoms with van der Waals surface area (Å²) < 4.78 is 0.802. The molecule has 0 saturated carbocycles. The van der Waals surface area contributed by atoms with Crippen molar-refractivity contribution in [3.05, 3.63) is 27.7 Å². The lowest BCUT2D eigenvalue weighted by atomic mass is 10.00. The third kappa shape index (κ3) is 2.09. The van der Waals surface area contributed by atoms with Gasteiger partial charge in [-0.05, 0) is 40.0 Å². The van der Waals surface area contributed by atoms with Crippen LogP contribution in [-0.4, -0.2) is 18.4 Å². The van der Waals surface area contributed by atoms with Crippen LogP contribution >= 0.6 is 15.9 Å². The molecule has 1 heterocycles. The first-order valence-electron chi connectivity index (χ1n) is 4.96. The quantitative estimate of drug-likeness (QED) is 0.824. The van der Waals surface area contributed by atoms with Crippen LogP contribution in [0.3, 0.4) is 0 Å². The third-order valence-electron chi connectivity index (χ3n) is 2.43. The molecule has 0 fully saturated rings. The number of anilines is 1. The Kier molecular flexibility index (Phi) is 2.96. The van der Waals surface area contributed by atoms with Crippen LogP contribution in [0.5, 0.6) is 0 Å². The molecule has 84 valence electrons. The maximum atomic E-state index is 11.6. The van der Waals surface area contributed by atoms with Gasteiger partial charge in [0, 0.05) is 23.5 Å². The average molecular weight is 283 g/mol. The maximum Gasteiger partial charge on any atom is 0.251 e. The van der Waals surface area contributed by atoms with Crippen molar-refractivity contribution in [2.24, 2.45) is 0 Å². The number of halogens is 1. The minimum Gasteiger partial charge on any atom is -0.352 e. The lowest BCUT2D eigenvalue weighted by Gasteiger charge is -2.18. The Morgan fingerprint density at radius 1 is 1.50 bits per heavy atom. The van der Waals surface area contributed by atoms with E-state index in [0.717, 1.165) is 16.5 Å². The Bertz CT molecular complexity index is 471. The Labute approximate surface area is 102 Å². The second-order valence-electron chi connectivity index (χ2n) is 3.68. The van der Waals surface area contributed by atoms with Gasteiger partial charge in [0.2, 0.25) is 5.91 Å². The van der Waals surface area contributed by atoms with Crippen LogP contribution in [0.25, 0.3) is 0 Å². The van der Waals surface area contributed by atoms with Crippen molar-refractivity contribution in [3.63, 3.8) is 0 Å². The minimum absolute atomic E-state index is 0.0830. The van der Waals surface area contributed by atoms with Crippen molar-refractivity contribution in [1.82, 2.24) is 5.32 Å². The molecule has 1 aromatic rings. The topological polar surface area (TPSA) is 58.2 Å². The SMILES string of the molecule is CC(=O)Nc1cc2c(cc1Br)CCNC2=O. The fraction of sp³-hybridized carbons (Fsp3) is 0.273. The van der Waals surface area contributed by atoms with Crippen LogP contribution < -0.4 is 10.6 Å². The molecule has 1 aliphatic heterocycles. The van der Waals surface area contributed by atoms with E-state index in [9.17, 15) is 9.59 Å². The first-order valence-corrected chi connectivity index (χ1v) is 5.75. The molecule has 0 spiro atoms. The van der Waals surface area contributed by atoms with Crippen LogP contribution in [0.2, 0.25) is 0 Å². The first kappa shape index (κ1) is 11.1. The van der Waals surface area contributed by atoms with E-state index in [1.54, 1.807) is 6.07 Å². The zero-order valence-electron chi connectivity index (χ0n) is 8.76. The largest absolute Gasteiger partial charge is 0.352 e. The zero-order valence-corrected chi connectivity index (χ0v) is 10.3. The summed E-state index contributed by atoms with van der Waals surface area (Å²) in [6, 6.07) is 3.59. The molecule has 2 amide bonds. The molecule has 1 aliphatic rings. The van der Waals surface area contributed by atoms with Crippen LogP contribution in [0.1, 0.15) is 22.8 Å². The van der Waals surface area contributed by atoms with Crippen LogP contribution in [-0.2, 0) is 11.2 Å². The van der Waals surface area contributed by atoms with E-state index < -0.39 is 0 Å². The number of benzene rings is 1. The Hall–Kier alpha value is -1.36. The predicted octanol–water partition coefficient (Wildman–Crippen LogP) is 1.69. The highest BCUT2D eigenvalue weighted by Crippen LogP contribution is 2.28. The molecule has 4 nitrogen and oxygen atoms in total. The van der Waals surface area contributed by atoms with E-state index in [1.807, 2.05) is 6.07 Å². The van der Waals surface area contributed by atoms with Crippen molar-refractivity contribution < 1.29 is 9.59 Å². The van der Waals surface area contributed by atoms with E-state index >= 15 is 0 Å². The summed E-state index contributed by atoms with van der Waals surface area (Å²) in [6.07, 6.45) is 0.819. The molecule has 16 heavy (non-hydrogen) atoms. The number of hydrogen-bond donors (Lipinski definition) is 2. The second kappa shape index (κ2) is 4.25. The summed E-state index contributed by atoms with van der Waals surface area (Å²) in [6.45, 7) is 2.10. The highest BCUT2D eigenvalue weighted by molar-refractivity contribution is 9.10. The number of carbonyl (C=O) groups is 2. The molecule has 0 unspecified atom stereocenters. The van der Waals surface area contributed by atoms with Crippen molar-refractivity contribution in [1.29, 1.82) is 0 Å². The summed E-state index contributed by atoms with van der Waals surface area (Å²) in [5.41, 5.74) is 2.27. The fourth-order valence-electron chi connectivity index (χ4n) is 1.72. The van der Waals surface area contributed by atoms with Gasteiger partial charge in [0.1, 0.15) is 0 Å². The van der Waals surface area contributed by atoms with Crippen LogP contribution in [0.4, 0.5) is 5.69 Å². The highest BCUT2D eigenvalue weighted by Gasteiger charge is 2.18. The van der Waals surface area contributed by atoms with Crippen molar-refractivity contribution in [2.45, 2.75) is 13.3 Å². The molecule has 2 rings (SSSR count). The molecule has 0 saturated heterocycles. The zero-order chi connectivity index (χ0) is 11.7. The van der Waals surface area contributed by atoms with E-state index in [1.165, 1.54) is 6.92 Å². The van der Waals surface area contributed by atoms with Gasteiger partial charge in [-0.3, -0.25) is 9.59 Å². The van der Waals surface area contributed by atoms with Crippen LogP contribution in [0.15, 0.2) is 16.6 Å². The minimum atomic E-state index is -0.156. The fourth-order valence-corrected chi connectivity index (χ4v) is 2.21. The third-order valence-corrected chi connectivity index (χ3v) is 3.08. The number of carbonyl (C=O) groups excluding carboxylic acids is 2. The number of hydrogen-bond acceptors (Lipinski definition) is 2. The van der Waals surface area contributed by atoms with Crippen molar-refractivity contribution in [2.75, 3.05) is 11.9 Å². The van der Waals surface area contributed by atoms with Gasteiger partial charge in [0.15, 0.2) is 0 Å². The summed E-state index contributed by atoms with van der Waals surface area (Å²) in [4.78, 5) is 22.6. The molecule has 1 aromatic carbocycles. The summed E-state index contributed by atoms with van der Waals surface area (Å²) in [5.74, 6) is -0.239. The van der Waals surface area contributed by atoms with Gasteiger partial charge in [-0.15, -0.1) is 0 Å². The summed E-state index contributed by atoms with van der Waals surface area (Å²) >= 11 is 3.38. The van der Waals surface area contributed by atoms with Gasteiger partial charge in [0.25, 0.3) is 5.91 Å². The number of fused-ring (bicyclic) bond motifs is 1. The molecule has 0 bridgehead atoms. The molecular weight excluding hydrogens is 272 g/mol. The standard InChI is InChI=1S/C11H11BrN2O2/c1-6(15)14-10-5-8-7(4-9(10)12)2-3-13-11(8)16/h4-5H,2-3H2,1H3,(H,13,16)(H,14,15). The Morgan fingerprint density at radius 3 is 2.94 bits per heavy atom. The van der Waals surface area contributed by atoms with E-state index in [4.69, 9.17) is 0 Å². The molecule has 2 N–H and O–H groups in total. The van der Waals surface area contributed by atoms with Gasteiger partial charge >= 0.3 is 0 Å². The van der Waals surface area contributed by atoms with Gasteiger partial charge in [-0.1, -0.05) is 0 Å². The normalized spacial score (nSPS) is 14.0. The molecule has 0 atom stereocenters. The predicted molar refractivity (Wildman–Crippen MR) is 64.5 cm³/mol. The van der Waals surface area contributed by atoms with Gasteiger partial charge in [0.05, 0.1) is 5.69 Å². The van der Waals surface area contributed by atoms with Crippen LogP contribution in [0, 0.1) is 0 Å². The molecule has 0 aliphatic carbocycles.